The van der Waals surface area contributed by atoms with Gasteiger partial charge in [0.1, 0.15) is 5.82 Å². The Labute approximate surface area is 148 Å². The number of hydrogen-bond acceptors (Lipinski definition) is 3. The molecule has 1 aromatic carbocycles. The van der Waals surface area contributed by atoms with Crippen LogP contribution in [0.15, 0.2) is 36.7 Å². The summed E-state index contributed by atoms with van der Waals surface area (Å²) in [5, 5.41) is 3.00. The van der Waals surface area contributed by atoms with Gasteiger partial charge in [0, 0.05) is 35.6 Å². The number of H-pyrrole nitrogens is 1. The van der Waals surface area contributed by atoms with E-state index in [4.69, 9.17) is 5.73 Å². The van der Waals surface area contributed by atoms with Gasteiger partial charge in [-0.3, -0.25) is 4.79 Å². The average molecular weight is 357 g/mol. The monoisotopic (exact) mass is 356 g/mol. The van der Waals surface area contributed by atoms with Gasteiger partial charge >= 0.3 is 0 Å². The Hall–Kier alpha value is -1.56. The van der Waals surface area contributed by atoms with Crippen molar-refractivity contribution < 1.29 is 4.79 Å². The van der Waals surface area contributed by atoms with E-state index in [0.29, 0.717) is 0 Å². The highest BCUT2D eigenvalue weighted by molar-refractivity contribution is 5.93. The number of rotatable bonds is 3. The highest BCUT2D eigenvalue weighted by Crippen LogP contribution is 2.25. The van der Waals surface area contributed by atoms with Gasteiger partial charge in [0.2, 0.25) is 5.91 Å². The van der Waals surface area contributed by atoms with Crippen LogP contribution in [0.25, 0.3) is 11.4 Å². The van der Waals surface area contributed by atoms with Gasteiger partial charge in [0.05, 0.1) is 0 Å². The highest BCUT2D eigenvalue weighted by atomic mass is 35.5. The largest absolute Gasteiger partial charge is 0.345 e. The lowest BCUT2D eigenvalue weighted by molar-refractivity contribution is -0.120. The molecule has 5 nitrogen and oxygen atoms in total. The number of halogens is 2. The third kappa shape index (κ3) is 4.96. The minimum Gasteiger partial charge on any atom is -0.345 e. The normalized spacial score (nSPS) is 20.0. The predicted molar refractivity (Wildman–Crippen MR) is 97.1 cm³/mol. The number of benzene rings is 1. The summed E-state index contributed by atoms with van der Waals surface area (Å²) in [6, 6.07) is 7.86. The van der Waals surface area contributed by atoms with Gasteiger partial charge in [-0.1, -0.05) is 18.6 Å². The van der Waals surface area contributed by atoms with Gasteiger partial charge in [0.15, 0.2) is 0 Å². The van der Waals surface area contributed by atoms with E-state index in [1.807, 2.05) is 24.3 Å². The molecule has 4 N–H and O–H groups in total. The molecular formula is C16H22Cl2N4O. The van der Waals surface area contributed by atoms with E-state index < -0.39 is 0 Å². The van der Waals surface area contributed by atoms with Crippen molar-refractivity contribution >= 4 is 36.4 Å². The molecule has 1 saturated carbocycles. The number of nitrogens with zero attached hydrogens (tertiary/aromatic N) is 1. The fourth-order valence-electron chi connectivity index (χ4n) is 2.88. The molecule has 1 aromatic heterocycles. The number of nitrogens with one attached hydrogen (secondary N) is 2. The van der Waals surface area contributed by atoms with Crippen molar-refractivity contribution in [1.29, 1.82) is 0 Å². The van der Waals surface area contributed by atoms with E-state index in [1.165, 1.54) is 0 Å². The molecule has 3 rings (SSSR count). The number of nitrogens with two attached hydrogens (primary N) is 1. The maximum atomic E-state index is 12.3. The molecule has 2 unspecified atom stereocenters. The first-order valence-electron chi connectivity index (χ1n) is 7.38. The maximum absolute atomic E-state index is 12.3. The average Bonchev–Trinajstić information content (AvgIpc) is 3.02. The molecule has 0 bridgehead atoms. The Kier molecular flexibility index (Phi) is 7.55. The van der Waals surface area contributed by atoms with Crippen LogP contribution in [-0.4, -0.2) is 21.9 Å². The first-order chi connectivity index (χ1) is 10.2. The van der Waals surface area contributed by atoms with Crippen molar-refractivity contribution in [2.24, 2.45) is 11.7 Å². The number of imidazole rings is 1. The van der Waals surface area contributed by atoms with E-state index in [9.17, 15) is 4.79 Å². The smallest absolute Gasteiger partial charge is 0.227 e. The van der Waals surface area contributed by atoms with Crippen LogP contribution in [0, 0.1) is 5.92 Å². The summed E-state index contributed by atoms with van der Waals surface area (Å²) >= 11 is 0. The predicted octanol–water partition coefficient (Wildman–Crippen LogP) is 3.38. The minimum atomic E-state index is 0. The topological polar surface area (TPSA) is 83.8 Å². The van der Waals surface area contributed by atoms with E-state index in [-0.39, 0.29) is 42.7 Å². The number of carbonyl (C=O) groups excluding carboxylic acids is 1. The molecule has 126 valence electrons. The first-order valence-corrected chi connectivity index (χ1v) is 7.38. The van der Waals surface area contributed by atoms with Gasteiger partial charge in [-0.15, -0.1) is 24.8 Å². The quantitative estimate of drug-likeness (QED) is 0.787. The second-order valence-corrected chi connectivity index (χ2v) is 5.63. The summed E-state index contributed by atoms with van der Waals surface area (Å²) in [6.07, 6.45) is 7.26. The zero-order chi connectivity index (χ0) is 14.7. The van der Waals surface area contributed by atoms with E-state index >= 15 is 0 Å². The zero-order valence-corrected chi connectivity index (χ0v) is 14.3. The lowest BCUT2D eigenvalue weighted by atomic mass is 9.85. The third-order valence-electron chi connectivity index (χ3n) is 3.99. The number of hydrogen-bond donors (Lipinski definition) is 3. The fraction of sp³-hybridized carbons (Fsp3) is 0.375. The number of carbonyl (C=O) groups is 1. The van der Waals surface area contributed by atoms with Crippen LogP contribution in [-0.2, 0) is 4.79 Å². The van der Waals surface area contributed by atoms with Gasteiger partial charge < -0.3 is 16.0 Å². The molecule has 7 heteroatoms. The van der Waals surface area contributed by atoms with Gasteiger partial charge in [-0.2, -0.15) is 0 Å². The minimum absolute atomic E-state index is 0. The molecule has 0 saturated heterocycles. The van der Waals surface area contributed by atoms with E-state index in [2.05, 4.69) is 15.3 Å². The van der Waals surface area contributed by atoms with E-state index in [0.717, 1.165) is 42.8 Å². The number of aromatic amines is 1. The standard InChI is InChI=1S/C16H20N4O.2ClH/c17-13-5-1-4-12(9-13)16(21)20-14-6-2-3-11(10-14)15-18-7-8-19-15;;/h2-3,6-8,10,12-13H,1,4-5,9,17H2,(H,18,19)(H,20,21);2*1H. The summed E-state index contributed by atoms with van der Waals surface area (Å²) in [6.45, 7) is 0. The van der Waals surface area contributed by atoms with Crippen LogP contribution < -0.4 is 11.1 Å². The molecule has 0 radical (unpaired) electrons. The summed E-state index contributed by atoms with van der Waals surface area (Å²) < 4.78 is 0. The summed E-state index contributed by atoms with van der Waals surface area (Å²) in [4.78, 5) is 19.6. The molecule has 23 heavy (non-hydrogen) atoms. The van der Waals surface area contributed by atoms with Crippen molar-refractivity contribution in [3.05, 3.63) is 36.7 Å². The number of anilines is 1. The molecule has 1 amide bonds. The Balaban J connectivity index is 0.00000132. The SMILES string of the molecule is Cl.Cl.NC1CCCC(C(=O)Nc2cccc(-c3ncc[nH]3)c2)C1. The van der Waals surface area contributed by atoms with Gasteiger partial charge in [0.25, 0.3) is 0 Å². The summed E-state index contributed by atoms with van der Waals surface area (Å²) in [7, 11) is 0. The molecule has 2 aromatic rings. The lowest BCUT2D eigenvalue weighted by Crippen LogP contribution is -2.34. The van der Waals surface area contributed by atoms with Crippen molar-refractivity contribution in [2.45, 2.75) is 31.7 Å². The molecule has 1 aliphatic rings. The fourth-order valence-corrected chi connectivity index (χ4v) is 2.88. The summed E-state index contributed by atoms with van der Waals surface area (Å²) in [5.74, 6) is 0.897. The van der Waals surface area contributed by atoms with Crippen molar-refractivity contribution in [2.75, 3.05) is 5.32 Å². The van der Waals surface area contributed by atoms with Crippen LogP contribution in [0.3, 0.4) is 0 Å². The Morgan fingerprint density at radius 2 is 2.13 bits per heavy atom. The van der Waals surface area contributed by atoms with Crippen LogP contribution >= 0.6 is 24.8 Å². The molecule has 0 spiro atoms. The molecule has 1 heterocycles. The van der Waals surface area contributed by atoms with Crippen molar-refractivity contribution in [3.63, 3.8) is 0 Å². The Bertz CT molecular complexity index is 618. The molecule has 1 fully saturated rings. The Morgan fingerprint density at radius 3 is 2.83 bits per heavy atom. The van der Waals surface area contributed by atoms with Gasteiger partial charge in [-0.05, 0) is 31.4 Å². The van der Waals surface area contributed by atoms with Crippen LogP contribution in [0.1, 0.15) is 25.7 Å². The lowest BCUT2D eigenvalue weighted by Gasteiger charge is -2.25. The highest BCUT2D eigenvalue weighted by Gasteiger charge is 2.25. The summed E-state index contributed by atoms with van der Waals surface area (Å²) in [5.41, 5.74) is 7.71. The van der Waals surface area contributed by atoms with Crippen molar-refractivity contribution in [1.82, 2.24) is 9.97 Å². The Morgan fingerprint density at radius 1 is 1.30 bits per heavy atom. The molecule has 2 atom stereocenters. The van der Waals surface area contributed by atoms with E-state index in [1.54, 1.807) is 12.4 Å². The van der Waals surface area contributed by atoms with Crippen molar-refractivity contribution in [3.8, 4) is 11.4 Å². The second-order valence-electron chi connectivity index (χ2n) is 5.63. The molecule has 1 aliphatic carbocycles. The number of aromatic nitrogens is 2. The molecule has 0 aliphatic heterocycles. The molecular weight excluding hydrogens is 335 g/mol. The zero-order valence-electron chi connectivity index (χ0n) is 12.7. The maximum Gasteiger partial charge on any atom is 0.227 e. The van der Waals surface area contributed by atoms with Crippen LogP contribution in [0.2, 0.25) is 0 Å². The van der Waals surface area contributed by atoms with Gasteiger partial charge in [-0.25, -0.2) is 4.98 Å². The van der Waals surface area contributed by atoms with Crippen LogP contribution in [0.5, 0.6) is 0 Å². The third-order valence-corrected chi connectivity index (χ3v) is 3.99. The second kappa shape index (κ2) is 8.91. The van der Waals surface area contributed by atoms with Crippen LogP contribution in [0.4, 0.5) is 5.69 Å². The number of amides is 1. The first kappa shape index (κ1) is 19.5.